The Morgan fingerprint density at radius 1 is 1.22 bits per heavy atom. The minimum absolute atomic E-state index is 0.0760. The van der Waals surface area contributed by atoms with E-state index in [0.717, 1.165) is 30.1 Å². The summed E-state index contributed by atoms with van der Waals surface area (Å²) in [5, 5.41) is 0. The Morgan fingerprint density at radius 2 is 2.04 bits per heavy atom. The predicted octanol–water partition coefficient (Wildman–Crippen LogP) is 2.08. The van der Waals surface area contributed by atoms with Crippen LogP contribution in [-0.4, -0.2) is 41.5 Å². The molecule has 1 saturated heterocycles. The molecule has 23 heavy (non-hydrogen) atoms. The largest absolute Gasteiger partial charge is 0.487 e. The monoisotopic (exact) mass is 309 g/mol. The molecule has 0 radical (unpaired) electrons. The van der Waals surface area contributed by atoms with Crippen molar-refractivity contribution in [3.05, 3.63) is 54.4 Å². The highest BCUT2D eigenvalue weighted by molar-refractivity contribution is 5.98. The Balaban J connectivity index is 1.76. The zero-order chi connectivity index (χ0) is 15.8. The van der Waals surface area contributed by atoms with Crippen LogP contribution in [0.25, 0.3) is 0 Å². The summed E-state index contributed by atoms with van der Waals surface area (Å²) in [6.07, 6.45) is 2.57. The lowest BCUT2D eigenvalue weighted by Crippen LogP contribution is -2.44. The normalized spacial score (nSPS) is 23.9. The van der Waals surface area contributed by atoms with Gasteiger partial charge in [0.2, 0.25) is 5.91 Å². The average molecular weight is 309 g/mol. The van der Waals surface area contributed by atoms with Crippen molar-refractivity contribution in [2.45, 2.75) is 25.1 Å². The molecule has 2 aliphatic rings. The number of pyridine rings is 1. The molecular formula is C18H19N3O2. The number of aromatic nitrogens is 1. The van der Waals surface area contributed by atoms with Crippen LogP contribution >= 0.6 is 0 Å². The molecule has 1 fully saturated rings. The first-order chi connectivity index (χ1) is 11.2. The molecule has 2 atom stereocenters. The molecule has 1 aromatic carbocycles. The summed E-state index contributed by atoms with van der Waals surface area (Å²) in [7, 11) is 1.99. The van der Waals surface area contributed by atoms with Gasteiger partial charge in [0.05, 0.1) is 24.0 Å². The minimum atomic E-state index is -0.128. The number of fused-ring (bicyclic) bond motifs is 3. The van der Waals surface area contributed by atoms with E-state index in [1.807, 2.05) is 49.5 Å². The molecule has 2 aromatic rings. The second-order valence-electron chi connectivity index (χ2n) is 6.14. The Morgan fingerprint density at radius 3 is 2.87 bits per heavy atom. The molecule has 2 aliphatic heterocycles. The maximum atomic E-state index is 13.1. The van der Waals surface area contributed by atoms with Crippen molar-refractivity contribution < 1.29 is 9.53 Å². The fourth-order valence-corrected chi connectivity index (χ4v) is 3.40. The van der Waals surface area contributed by atoms with Gasteiger partial charge in [0.25, 0.3) is 0 Å². The predicted molar refractivity (Wildman–Crippen MR) is 87.3 cm³/mol. The van der Waals surface area contributed by atoms with Gasteiger partial charge in [-0.15, -0.1) is 0 Å². The smallest absolute Gasteiger partial charge is 0.244 e. The number of hydrogen-bond donors (Lipinski definition) is 0. The zero-order valence-electron chi connectivity index (χ0n) is 13.1. The molecule has 2 bridgehead atoms. The molecule has 5 heteroatoms. The summed E-state index contributed by atoms with van der Waals surface area (Å²) in [5.74, 6) is 0.895. The minimum Gasteiger partial charge on any atom is -0.487 e. The van der Waals surface area contributed by atoms with E-state index in [2.05, 4.69) is 9.88 Å². The van der Waals surface area contributed by atoms with E-state index >= 15 is 0 Å². The van der Waals surface area contributed by atoms with Crippen molar-refractivity contribution in [2.24, 2.45) is 0 Å². The van der Waals surface area contributed by atoms with Gasteiger partial charge in [0.1, 0.15) is 11.9 Å². The summed E-state index contributed by atoms with van der Waals surface area (Å²) in [6.45, 7) is 1.23. The Labute approximate surface area is 135 Å². The van der Waals surface area contributed by atoms with Crippen molar-refractivity contribution in [1.29, 1.82) is 0 Å². The number of likely N-dealkylation sites (N-methyl/N-ethyl adjacent to an activating group) is 1. The Bertz CT molecular complexity index is 719. The molecule has 3 heterocycles. The quantitative estimate of drug-likeness (QED) is 0.852. The summed E-state index contributed by atoms with van der Waals surface area (Å²) < 4.78 is 6.16. The molecule has 1 amide bonds. The molecule has 118 valence electrons. The number of hydrogen-bond acceptors (Lipinski definition) is 4. The summed E-state index contributed by atoms with van der Waals surface area (Å²) in [6, 6.07) is 13.4. The molecule has 4 rings (SSSR count). The maximum Gasteiger partial charge on any atom is 0.244 e. The third-order valence-electron chi connectivity index (χ3n) is 4.56. The van der Waals surface area contributed by atoms with Gasteiger partial charge in [-0.25, -0.2) is 0 Å². The van der Waals surface area contributed by atoms with Gasteiger partial charge in [-0.3, -0.25) is 14.7 Å². The fourth-order valence-electron chi connectivity index (χ4n) is 3.40. The third-order valence-corrected chi connectivity index (χ3v) is 4.56. The number of likely N-dealkylation sites (tertiary alicyclic amines) is 1. The number of nitrogens with zero attached hydrogens (tertiary/aromatic N) is 3. The highest BCUT2D eigenvalue weighted by atomic mass is 16.5. The van der Waals surface area contributed by atoms with E-state index in [9.17, 15) is 4.79 Å². The first kappa shape index (κ1) is 14.2. The Kier molecular flexibility index (Phi) is 3.50. The van der Waals surface area contributed by atoms with Crippen molar-refractivity contribution in [3.63, 3.8) is 0 Å². The number of anilines is 1. The Hall–Kier alpha value is -2.40. The van der Waals surface area contributed by atoms with Crippen LogP contribution in [0.1, 0.15) is 12.1 Å². The van der Waals surface area contributed by atoms with Gasteiger partial charge in [0, 0.05) is 19.2 Å². The molecule has 0 spiro atoms. The van der Waals surface area contributed by atoms with Gasteiger partial charge in [-0.1, -0.05) is 18.2 Å². The number of amides is 1. The lowest BCUT2D eigenvalue weighted by molar-refractivity contribution is -0.122. The number of carbonyl (C=O) groups is 1. The first-order valence-electron chi connectivity index (χ1n) is 7.89. The SMILES string of the molecule is CN1C[C@@H]2C[C@H]1C(=O)N(Cc1ccccn1)c1ccccc1O2. The number of para-hydroxylation sites is 2. The summed E-state index contributed by atoms with van der Waals surface area (Å²) in [4.78, 5) is 21.4. The van der Waals surface area contributed by atoms with Gasteiger partial charge >= 0.3 is 0 Å². The molecular weight excluding hydrogens is 290 g/mol. The van der Waals surface area contributed by atoms with Crippen LogP contribution in [-0.2, 0) is 11.3 Å². The number of rotatable bonds is 2. The highest BCUT2D eigenvalue weighted by Gasteiger charge is 2.41. The van der Waals surface area contributed by atoms with Gasteiger partial charge in [0.15, 0.2) is 0 Å². The zero-order valence-corrected chi connectivity index (χ0v) is 13.1. The molecule has 0 aliphatic carbocycles. The lowest BCUT2D eigenvalue weighted by Gasteiger charge is -2.30. The second-order valence-corrected chi connectivity index (χ2v) is 6.14. The standard InChI is InChI=1S/C18H19N3O2/c1-20-12-14-10-16(20)18(22)21(11-13-6-4-5-9-19-13)15-7-2-3-8-17(15)23-14/h2-9,14,16H,10-12H2,1H3/t14-,16-/m0/s1. The van der Waals surface area contributed by atoms with E-state index in [0.29, 0.717) is 6.54 Å². The maximum absolute atomic E-state index is 13.1. The highest BCUT2D eigenvalue weighted by Crippen LogP contribution is 2.36. The van der Waals surface area contributed by atoms with E-state index in [1.165, 1.54) is 0 Å². The first-order valence-corrected chi connectivity index (χ1v) is 7.89. The van der Waals surface area contributed by atoms with E-state index in [4.69, 9.17) is 4.74 Å². The molecule has 0 saturated carbocycles. The molecule has 5 nitrogen and oxygen atoms in total. The van der Waals surface area contributed by atoms with Crippen LogP contribution in [0.15, 0.2) is 48.7 Å². The third kappa shape index (κ3) is 2.57. The summed E-state index contributed by atoms with van der Waals surface area (Å²) >= 11 is 0. The number of carbonyl (C=O) groups excluding carboxylic acids is 1. The van der Waals surface area contributed by atoms with Gasteiger partial charge < -0.3 is 9.64 Å². The van der Waals surface area contributed by atoms with Gasteiger partial charge in [-0.05, 0) is 31.3 Å². The van der Waals surface area contributed by atoms with Crippen LogP contribution < -0.4 is 9.64 Å². The van der Waals surface area contributed by atoms with Gasteiger partial charge in [-0.2, -0.15) is 0 Å². The molecule has 0 unspecified atom stereocenters. The molecule has 0 N–H and O–H groups in total. The lowest BCUT2D eigenvalue weighted by atomic mass is 10.1. The van der Waals surface area contributed by atoms with Crippen molar-refractivity contribution in [2.75, 3.05) is 18.5 Å². The number of benzene rings is 1. The van der Waals surface area contributed by atoms with E-state index in [-0.39, 0.29) is 18.1 Å². The van der Waals surface area contributed by atoms with E-state index < -0.39 is 0 Å². The second kappa shape index (κ2) is 5.66. The molecule has 1 aromatic heterocycles. The van der Waals surface area contributed by atoms with Crippen molar-refractivity contribution >= 4 is 11.6 Å². The van der Waals surface area contributed by atoms with Crippen LogP contribution in [0.3, 0.4) is 0 Å². The number of ether oxygens (including phenoxy) is 1. The van der Waals surface area contributed by atoms with Crippen molar-refractivity contribution in [1.82, 2.24) is 9.88 Å². The fraction of sp³-hybridized carbons (Fsp3) is 0.333. The van der Waals surface area contributed by atoms with E-state index in [1.54, 1.807) is 11.1 Å². The van der Waals surface area contributed by atoms with Crippen LogP contribution in [0.2, 0.25) is 0 Å². The van der Waals surface area contributed by atoms with Crippen molar-refractivity contribution in [3.8, 4) is 5.75 Å². The van der Waals surface area contributed by atoms with Crippen LogP contribution in [0.5, 0.6) is 5.75 Å². The van der Waals surface area contributed by atoms with Crippen LogP contribution in [0.4, 0.5) is 5.69 Å². The average Bonchev–Trinajstić information content (AvgIpc) is 2.94. The van der Waals surface area contributed by atoms with Crippen LogP contribution in [0, 0.1) is 0 Å². The summed E-state index contributed by atoms with van der Waals surface area (Å²) in [5.41, 5.74) is 1.70. The topological polar surface area (TPSA) is 45.7 Å².